The molecule has 1 aromatic carbocycles. The number of nitrogens with zero attached hydrogens (tertiary/aromatic N) is 5. The van der Waals surface area contributed by atoms with Gasteiger partial charge in [0.1, 0.15) is 0 Å². The molecule has 1 aromatic heterocycles. The van der Waals surface area contributed by atoms with Gasteiger partial charge in [0.2, 0.25) is 0 Å². The van der Waals surface area contributed by atoms with E-state index in [1.807, 2.05) is 16.8 Å². The molecule has 2 heterocycles. The van der Waals surface area contributed by atoms with Crippen LogP contribution in [-0.4, -0.2) is 51.4 Å². The van der Waals surface area contributed by atoms with Crippen molar-refractivity contribution >= 4 is 0 Å². The van der Waals surface area contributed by atoms with E-state index in [4.69, 9.17) is 4.74 Å². The fraction of sp³-hybridized carbons (Fsp3) is 0.562. The second-order valence-electron chi connectivity index (χ2n) is 5.93. The standard InChI is InChI=1S/C16H23N5O/c1-4-16(3,20-9-11-22-12-10-20)15-17-18-19-21(15)14-8-6-5-7-13(14)2/h5-8H,4,9-12H2,1-3H3/t16-/m1/s1. The zero-order valence-corrected chi connectivity index (χ0v) is 13.5. The molecular formula is C16H23N5O. The van der Waals surface area contributed by atoms with E-state index in [0.29, 0.717) is 0 Å². The van der Waals surface area contributed by atoms with Gasteiger partial charge in [0.25, 0.3) is 0 Å². The highest BCUT2D eigenvalue weighted by atomic mass is 16.5. The Bertz CT molecular complexity index is 635. The number of hydrogen-bond acceptors (Lipinski definition) is 5. The molecule has 0 radical (unpaired) electrons. The number of hydrogen-bond donors (Lipinski definition) is 0. The molecule has 2 aromatic rings. The topological polar surface area (TPSA) is 56.1 Å². The minimum Gasteiger partial charge on any atom is -0.379 e. The smallest absolute Gasteiger partial charge is 0.176 e. The molecule has 0 spiro atoms. The lowest BCUT2D eigenvalue weighted by molar-refractivity contribution is -0.0240. The second-order valence-corrected chi connectivity index (χ2v) is 5.93. The number of aryl methyl sites for hydroxylation is 1. The summed E-state index contributed by atoms with van der Waals surface area (Å²) in [6.07, 6.45) is 0.944. The molecule has 1 atom stereocenters. The second kappa shape index (κ2) is 6.14. The van der Waals surface area contributed by atoms with Gasteiger partial charge in [0, 0.05) is 13.1 Å². The predicted molar refractivity (Wildman–Crippen MR) is 83.9 cm³/mol. The number of tetrazole rings is 1. The Morgan fingerprint density at radius 3 is 2.64 bits per heavy atom. The molecule has 0 N–H and O–H groups in total. The summed E-state index contributed by atoms with van der Waals surface area (Å²) in [5.41, 5.74) is 2.00. The van der Waals surface area contributed by atoms with Crippen LogP contribution in [0.15, 0.2) is 24.3 Å². The zero-order chi connectivity index (χ0) is 15.6. The first-order valence-corrected chi connectivity index (χ1v) is 7.84. The lowest BCUT2D eigenvalue weighted by atomic mass is 9.94. The molecule has 3 rings (SSSR count). The van der Waals surface area contributed by atoms with Crippen LogP contribution in [0.2, 0.25) is 0 Å². The minimum atomic E-state index is -0.199. The Labute approximate surface area is 131 Å². The molecule has 0 bridgehead atoms. The van der Waals surface area contributed by atoms with Crippen LogP contribution in [-0.2, 0) is 10.3 Å². The maximum Gasteiger partial charge on any atom is 0.176 e. The molecule has 22 heavy (non-hydrogen) atoms. The lowest BCUT2D eigenvalue weighted by Crippen LogP contribution is -2.50. The molecule has 0 saturated carbocycles. The first kappa shape index (κ1) is 15.1. The summed E-state index contributed by atoms with van der Waals surface area (Å²) in [6, 6.07) is 8.19. The highest BCUT2D eigenvalue weighted by Gasteiger charge is 2.38. The largest absolute Gasteiger partial charge is 0.379 e. The Morgan fingerprint density at radius 2 is 1.95 bits per heavy atom. The number of para-hydroxylation sites is 1. The molecule has 6 nitrogen and oxygen atoms in total. The van der Waals surface area contributed by atoms with E-state index in [1.165, 1.54) is 0 Å². The average Bonchev–Trinajstić information content (AvgIpc) is 3.05. The fourth-order valence-electron chi connectivity index (χ4n) is 3.07. The molecule has 1 saturated heterocycles. The van der Waals surface area contributed by atoms with Crippen molar-refractivity contribution in [2.24, 2.45) is 0 Å². The van der Waals surface area contributed by atoms with Crippen molar-refractivity contribution in [3.8, 4) is 5.69 Å². The van der Waals surface area contributed by atoms with E-state index < -0.39 is 0 Å². The molecule has 6 heteroatoms. The molecule has 0 unspecified atom stereocenters. The SMILES string of the molecule is CC[C@](C)(c1nnnn1-c1ccccc1C)N1CCOCC1. The van der Waals surface area contributed by atoms with Gasteiger partial charge in [-0.15, -0.1) is 5.10 Å². The fourth-order valence-corrected chi connectivity index (χ4v) is 3.07. The van der Waals surface area contributed by atoms with Crippen molar-refractivity contribution in [1.82, 2.24) is 25.1 Å². The Kier molecular flexibility index (Phi) is 4.22. The number of aromatic nitrogens is 4. The Balaban J connectivity index is 2.04. The van der Waals surface area contributed by atoms with E-state index in [1.54, 1.807) is 0 Å². The van der Waals surface area contributed by atoms with Gasteiger partial charge in [0.05, 0.1) is 24.4 Å². The van der Waals surface area contributed by atoms with Crippen LogP contribution in [0.5, 0.6) is 0 Å². The molecule has 1 fully saturated rings. The normalized spacial score (nSPS) is 19.0. The summed E-state index contributed by atoms with van der Waals surface area (Å²) >= 11 is 0. The highest BCUT2D eigenvalue weighted by molar-refractivity contribution is 5.40. The van der Waals surface area contributed by atoms with Crippen LogP contribution in [0.1, 0.15) is 31.7 Å². The summed E-state index contributed by atoms with van der Waals surface area (Å²) in [5, 5.41) is 12.6. The highest BCUT2D eigenvalue weighted by Crippen LogP contribution is 2.32. The number of ether oxygens (including phenoxy) is 1. The predicted octanol–water partition coefficient (Wildman–Crippen LogP) is 1.93. The summed E-state index contributed by atoms with van der Waals surface area (Å²) in [4.78, 5) is 2.43. The van der Waals surface area contributed by atoms with Gasteiger partial charge in [-0.25, -0.2) is 0 Å². The van der Waals surface area contributed by atoms with Crippen LogP contribution in [0.4, 0.5) is 0 Å². The first-order chi connectivity index (χ1) is 10.7. The van der Waals surface area contributed by atoms with Gasteiger partial charge in [-0.05, 0) is 42.3 Å². The average molecular weight is 301 g/mol. The molecule has 118 valence electrons. The molecule has 0 aliphatic carbocycles. The van der Waals surface area contributed by atoms with E-state index in [9.17, 15) is 0 Å². The zero-order valence-electron chi connectivity index (χ0n) is 13.5. The summed E-state index contributed by atoms with van der Waals surface area (Å²) in [6.45, 7) is 9.84. The quantitative estimate of drug-likeness (QED) is 0.863. The van der Waals surface area contributed by atoms with Crippen LogP contribution >= 0.6 is 0 Å². The van der Waals surface area contributed by atoms with Crippen LogP contribution < -0.4 is 0 Å². The Morgan fingerprint density at radius 1 is 1.23 bits per heavy atom. The summed E-state index contributed by atoms with van der Waals surface area (Å²) in [7, 11) is 0. The Hall–Kier alpha value is -1.79. The summed E-state index contributed by atoms with van der Waals surface area (Å²) in [5.74, 6) is 0.895. The van der Waals surface area contributed by atoms with E-state index >= 15 is 0 Å². The third-order valence-electron chi connectivity index (χ3n) is 4.69. The van der Waals surface area contributed by atoms with Crippen molar-refractivity contribution in [3.05, 3.63) is 35.7 Å². The van der Waals surface area contributed by atoms with Crippen molar-refractivity contribution in [1.29, 1.82) is 0 Å². The summed E-state index contributed by atoms with van der Waals surface area (Å²) < 4.78 is 7.37. The maximum absolute atomic E-state index is 5.49. The molecular weight excluding hydrogens is 278 g/mol. The van der Waals surface area contributed by atoms with Gasteiger partial charge < -0.3 is 4.74 Å². The van der Waals surface area contributed by atoms with Crippen LogP contribution in [0.3, 0.4) is 0 Å². The molecule has 0 amide bonds. The van der Waals surface area contributed by atoms with Crippen molar-refractivity contribution in [2.75, 3.05) is 26.3 Å². The molecule has 1 aliphatic heterocycles. The van der Waals surface area contributed by atoms with Crippen LogP contribution in [0, 0.1) is 6.92 Å². The van der Waals surface area contributed by atoms with Gasteiger partial charge in [0.15, 0.2) is 5.82 Å². The lowest BCUT2D eigenvalue weighted by Gasteiger charge is -2.41. The van der Waals surface area contributed by atoms with Gasteiger partial charge in [-0.1, -0.05) is 25.1 Å². The number of rotatable bonds is 4. The van der Waals surface area contributed by atoms with Crippen LogP contribution in [0.25, 0.3) is 5.69 Å². The third-order valence-corrected chi connectivity index (χ3v) is 4.69. The number of benzene rings is 1. The van der Waals surface area contributed by atoms with Gasteiger partial charge in [-0.3, -0.25) is 4.90 Å². The monoisotopic (exact) mass is 301 g/mol. The number of morpholine rings is 1. The van der Waals surface area contributed by atoms with Gasteiger partial charge in [-0.2, -0.15) is 4.68 Å². The first-order valence-electron chi connectivity index (χ1n) is 7.84. The van der Waals surface area contributed by atoms with Crippen molar-refractivity contribution < 1.29 is 4.74 Å². The van der Waals surface area contributed by atoms with Gasteiger partial charge >= 0.3 is 0 Å². The maximum atomic E-state index is 5.49. The third kappa shape index (κ3) is 2.53. The van der Waals surface area contributed by atoms with Crippen molar-refractivity contribution in [2.45, 2.75) is 32.7 Å². The van der Waals surface area contributed by atoms with Crippen molar-refractivity contribution in [3.63, 3.8) is 0 Å². The van der Waals surface area contributed by atoms with E-state index in [-0.39, 0.29) is 5.54 Å². The molecule has 1 aliphatic rings. The van der Waals surface area contributed by atoms with E-state index in [2.05, 4.69) is 53.3 Å². The van der Waals surface area contributed by atoms with E-state index in [0.717, 1.165) is 49.8 Å². The minimum absolute atomic E-state index is 0.199.